The summed E-state index contributed by atoms with van der Waals surface area (Å²) < 4.78 is 32.6. The summed E-state index contributed by atoms with van der Waals surface area (Å²) in [7, 11) is -1.79. The number of benzene rings is 1. The normalized spacial score (nSPS) is 23.0. The van der Waals surface area contributed by atoms with E-state index in [-0.39, 0.29) is 17.7 Å². The van der Waals surface area contributed by atoms with Gasteiger partial charge in [-0.15, -0.1) is 0 Å². The quantitative estimate of drug-likeness (QED) is 0.836. The zero-order valence-electron chi connectivity index (χ0n) is 12.4. The molecule has 1 saturated carbocycles. The SMILES string of the molecule is COc1cccc(CS(=O)(=O)N[C@H]2CCCC[C@@H]2CN)c1. The fraction of sp³-hybridized carbons (Fsp3) is 0.600. The molecule has 6 heteroatoms. The number of sulfonamides is 1. The van der Waals surface area contributed by atoms with Crippen molar-refractivity contribution < 1.29 is 13.2 Å². The lowest BCUT2D eigenvalue weighted by Gasteiger charge is -2.31. The molecule has 2 rings (SSSR count). The maximum atomic E-state index is 12.3. The Morgan fingerprint density at radius 1 is 1.33 bits per heavy atom. The van der Waals surface area contributed by atoms with Gasteiger partial charge in [-0.25, -0.2) is 13.1 Å². The molecule has 21 heavy (non-hydrogen) atoms. The summed E-state index contributed by atoms with van der Waals surface area (Å²) in [4.78, 5) is 0. The van der Waals surface area contributed by atoms with Crippen LogP contribution in [-0.4, -0.2) is 28.1 Å². The van der Waals surface area contributed by atoms with Crippen LogP contribution in [0, 0.1) is 5.92 Å². The van der Waals surface area contributed by atoms with Crippen molar-refractivity contribution in [1.29, 1.82) is 0 Å². The second kappa shape index (κ2) is 7.24. The summed E-state index contributed by atoms with van der Waals surface area (Å²) in [6, 6.07) is 7.12. The lowest BCUT2D eigenvalue weighted by molar-refractivity contribution is 0.296. The Labute approximate surface area is 126 Å². The van der Waals surface area contributed by atoms with Gasteiger partial charge in [0.05, 0.1) is 12.9 Å². The van der Waals surface area contributed by atoms with Crippen LogP contribution in [0.5, 0.6) is 5.75 Å². The average Bonchev–Trinajstić information content (AvgIpc) is 2.47. The summed E-state index contributed by atoms with van der Waals surface area (Å²) in [6.07, 6.45) is 4.07. The average molecular weight is 312 g/mol. The molecule has 1 aromatic rings. The van der Waals surface area contributed by atoms with E-state index < -0.39 is 10.0 Å². The maximum Gasteiger partial charge on any atom is 0.216 e. The van der Waals surface area contributed by atoms with Gasteiger partial charge in [0.15, 0.2) is 0 Å². The first-order valence-corrected chi connectivity index (χ1v) is 9.02. The van der Waals surface area contributed by atoms with Crippen LogP contribution in [0.15, 0.2) is 24.3 Å². The van der Waals surface area contributed by atoms with E-state index in [1.165, 1.54) is 0 Å². The van der Waals surface area contributed by atoms with Crippen LogP contribution < -0.4 is 15.2 Å². The highest BCUT2D eigenvalue weighted by molar-refractivity contribution is 7.88. The molecular formula is C15H24N2O3S. The largest absolute Gasteiger partial charge is 0.497 e. The van der Waals surface area contributed by atoms with Gasteiger partial charge < -0.3 is 10.5 Å². The molecule has 0 aromatic heterocycles. The molecule has 0 bridgehead atoms. The molecule has 0 heterocycles. The van der Waals surface area contributed by atoms with Crippen LogP contribution in [0.1, 0.15) is 31.2 Å². The fourth-order valence-electron chi connectivity index (χ4n) is 2.90. The lowest BCUT2D eigenvalue weighted by atomic mass is 9.85. The molecule has 2 atom stereocenters. The molecule has 1 fully saturated rings. The number of rotatable bonds is 6. The van der Waals surface area contributed by atoms with Gasteiger partial charge in [-0.2, -0.15) is 0 Å². The van der Waals surface area contributed by atoms with Gasteiger partial charge in [0, 0.05) is 6.04 Å². The van der Waals surface area contributed by atoms with Gasteiger partial charge in [0.2, 0.25) is 10.0 Å². The van der Waals surface area contributed by atoms with Crippen molar-refractivity contribution in [2.45, 2.75) is 37.5 Å². The minimum Gasteiger partial charge on any atom is -0.497 e. The second-order valence-corrected chi connectivity index (χ2v) is 7.37. The fourth-order valence-corrected chi connectivity index (χ4v) is 4.37. The first-order valence-electron chi connectivity index (χ1n) is 7.37. The number of nitrogens with two attached hydrogens (primary N) is 1. The highest BCUT2D eigenvalue weighted by Crippen LogP contribution is 2.24. The van der Waals surface area contributed by atoms with Crippen molar-refractivity contribution >= 4 is 10.0 Å². The number of nitrogens with one attached hydrogen (secondary N) is 1. The minimum atomic E-state index is -3.36. The number of hydrogen-bond acceptors (Lipinski definition) is 4. The number of methoxy groups -OCH3 is 1. The molecule has 0 aliphatic heterocycles. The summed E-state index contributed by atoms with van der Waals surface area (Å²) in [5, 5.41) is 0. The molecule has 5 nitrogen and oxygen atoms in total. The zero-order chi connectivity index (χ0) is 15.3. The molecular weight excluding hydrogens is 288 g/mol. The number of hydrogen-bond donors (Lipinski definition) is 2. The van der Waals surface area contributed by atoms with E-state index in [2.05, 4.69) is 4.72 Å². The Morgan fingerprint density at radius 2 is 2.10 bits per heavy atom. The molecule has 1 aliphatic carbocycles. The molecule has 0 spiro atoms. The molecule has 0 unspecified atom stereocenters. The van der Waals surface area contributed by atoms with Crippen molar-refractivity contribution in [3.63, 3.8) is 0 Å². The monoisotopic (exact) mass is 312 g/mol. The molecule has 118 valence electrons. The number of ether oxygens (including phenoxy) is 1. The molecule has 1 aromatic carbocycles. The molecule has 0 radical (unpaired) electrons. The van der Waals surface area contributed by atoms with E-state index in [1.54, 1.807) is 31.4 Å². The highest BCUT2D eigenvalue weighted by atomic mass is 32.2. The van der Waals surface area contributed by atoms with E-state index in [4.69, 9.17) is 10.5 Å². The molecule has 0 amide bonds. The predicted molar refractivity (Wildman–Crippen MR) is 83.6 cm³/mol. The highest BCUT2D eigenvalue weighted by Gasteiger charge is 2.27. The summed E-state index contributed by atoms with van der Waals surface area (Å²) in [5.74, 6) is 0.886. The lowest BCUT2D eigenvalue weighted by Crippen LogP contribution is -2.45. The topological polar surface area (TPSA) is 81.4 Å². The third-order valence-electron chi connectivity index (χ3n) is 4.03. The molecule has 1 aliphatic rings. The van der Waals surface area contributed by atoms with Crippen molar-refractivity contribution in [1.82, 2.24) is 4.72 Å². The van der Waals surface area contributed by atoms with Crippen molar-refractivity contribution in [2.75, 3.05) is 13.7 Å². The first-order chi connectivity index (χ1) is 10.0. The smallest absolute Gasteiger partial charge is 0.216 e. The zero-order valence-corrected chi connectivity index (χ0v) is 13.2. The van der Waals surface area contributed by atoms with Crippen LogP contribution in [-0.2, 0) is 15.8 Å². The second-order valence-electron chi connectivity index (χ2n) is 5.62. The summed E-state index contributed by atoms with van der Waals surface area (Å²) in [6.45, 7) is 0.534. The van der Waals surface area contributed by atoms with Gasteiger partial charge in [-0.3, -0.25) is 0 Å². The van der Waals surface area contributed by atoms with Crippen LogP contribution in [0.3, 0.4) is 0 Å². The Morgan fingerprint density at radius 3 is 2.81 bits per heavy atom. The van der Waals surface area contributed by atoms with Crippen LogP contribution >= 0.6 is 0 Å². The standard InChI is InChI=1S/C15H24N2O3S/c1-20-14-7-4-5-12(9-14)11-21(18,19)17-15-8-3-2-6-13(15)10-16/h4-5,7,9,13,15,17H,2-3,6,8,10-11,16H2,1H3/t13-,15+/m1/s1. The van der Waals surface area contributed by atoms with E-state index in [9.17, 15) is 8.42 Å². The van der Waals surface area contributed by atoms with Gasteiger partial charge in [-0.05, 0) is 43.0 Å². The van der Waals surface area contributed by atoms with Gasteiger partial charge in [0.1, 0.15) is 5.75 Å². The molecule has 0 saturated heterocycles. The van der Waals surface area contributed by atoms with Crippen molar-refractivity contribution in [2.24, 2.45) is 11.7 Å². The van der Waals surface area contributed by atoms with Crippen molar-refractivity contribution in [3.05, 3.63) is 29.8 Å². The Bertz CT molecular complexity index is 560. The van der Waals surface area contributed by atoms with Gasteiger partial charge in [0.25, 0.3) is 0 Å². The van der Waals surface area contributed by atoms with Crippen LogP contribution in [0.25, 0.3) is 0 Å². The molecule has 3 N–H and O–H groups in total. The van der Waals surface area contributed by atoms with Crippen LogP contribution in [0.4, 0.5) is 0 Å². The van der Waals surface area contributed by atoms with E-state index in [0.29, 0.717) is 12.3 Å². The Balaban J connectivity index is 2.03. The third kappa shape index (κ3) is 4.69. The van der Waals surface area contributed by atoms with E-state index in [0.717, 1.165) is 31.2 Å². The van der Waals surface area contributed by atoms with Gasteiger partial charge >= 0.3 is 0 Å². The van der Waals surface area contributed by atoms with Crippen LogP contribution in [0.2, 0.25) is 0 Å². The minimum absolute atomic E-state index is 0.0284. The van der Waals surface area contributed by atoms with E-state index in [1.807, 2.05) is 0 Å². The third-order valence-corrected chi connectivity index (χ3v) is 5.41. The predicted octanol–water partition coefficient (Wildman–Crippen LogP) is 1.63. The maximum absolute atomic E-state index is 12.3. The Kier molecular flexibility index (Phi) is 5.61. The van der Waals surface area contributed by atoms with Gasteiger partial charge in [-0.1, -0.05) is 25.0 Å². The summed E-state index contributed by atoms with van der Waals surface area (Å²) in [5.41, 5.74) is 6.48. The Hall–Kier alpha value is -1.11. The first kappa shape index (κ1) is 16.3. The van der Waals surface area contributed by atoms with Crippen molar-refractivity contribution in [3.8, 4) is 5.75 Å². The van der Waals surface area contributed by atoms with E-state index >= 15 is 0 Å². The summed E-state index contributed by atoms with van der Waals surface area (Å²) >= 11 is 0.